The molecule has 1 heterocycles. The van der Waals surface area contributed by atoms with Crippen LogP contribution in [0.15, 0.2) is 53.5 Å². The minimum Gasteiger partial charge on any atom is -0.465 e. The van der Waals surface area contributed by atoms with E-state index in [1.807, 2.05) is 0 Å². The predicted octanol–water partition coefficient (Wildman–Crippen LogP) is 4.46. The molecule has 1 N–H and O–H groups in total. The zero-order valence-corrected chi connectivity index (χ0v) is 13.5. The van der Waals surface area contributed by atoms with Gasteiger partial charge in [0.25, 0.3) is 0 Å². The molecule has 0 aromatic heterocycles. The lowest BCUT2D eigenvalue weighted by Crippen LogP contribution is -2.34. The third-order valence-electron chi connectivity index (χ3n) is 3.84. The third-order valence-corrected chi connectivity index (χ3v) is 4.51. The van der Waals surface area contributed by atoms with Crippen LogP contribution in [0.4, 0.5) is 13.6 Å². The monoisotopic (exact) mass is 348 g/mol. The molecule has 0 spiro atoms. The summed E-state index contributed by atoms with van der Waals surface area (Å²) in [4.78, 5) is 17.4. The number of halogens is 2. The second kappa shape index (κ2) is 6.60. The van der Waals surface area contributed by atoms with Gasteiger partial charge in [0.1, 0.15) is 17.7 Å². The second-order valence-electron chi connectivity index (χ2n) is 5.26. The molecule has 3 rings (SSSR count). The van der Waals surface area contributed by atoms with Crippen LogP contribution in [0.3, 0.4) is 0 Å². The van der Waals surface area contributed by atoms with Gasteiger partial charge in [0.15, 0.2) is 5.17 Å². The number of carboxylic acid groups (broad SMARTS) is 1. The fourth-order valence-electron chi connectivity index (χ4n) is 2.77. The Morgan fingerprint density at radius 2 is 1.54 bits per heavy atom. The predicted molar refractivity (Wildman–Crippen MR) is 89.1 cm³/mol. The maximum absolute atomic E-state index is 13.2. The number of amides is 1. The zero-order chi connectivity index (χ0) is 17.3. The Balaban J connectivity index is 2.09. The molecule has 1 aliphatic rings. The van der Waals surface area contributed by atoms with Crippen LogP contribution >= 0.6 is 11.8 Å². The second-order valence-corrected chi connectivity index (χ2v) is 6.03. The van der Waals surface area contributed by atoms with Gasteiger partial charge in [-0.3, -0.25) is 4.99 Å². The van der Waals surface area contributed by atoms with Gasteiger partial charge in [-0.15, -0.1) is 0 Å². The molecule has 0 fully saturated rings. The van der Waals surface area contributed by atoms with Crippen molar-refractivity contribution in [3.8, 4) is 0 Å². The van der Waals surface area contributed by atoms with Crippen molar-refractivity contribution in [3.05, 3.63) is 71.3 Å². The van der Waals surface area contributed by atoms with E-state index < -0.39 is 24.0 Å². The fourth-order valence-corrected chi connectivity index (χ4v) is 3.38. The van der Waals surface area contributed by atoms with Crippen molar-refractivity contribution in [1.29, 1.82) is 0 Å². The Bertz CT molecular complexity index is 778. The van der Waals surface area contributed by atoms with Crippen molar-refractivity contribution < 1.29 is 18.7 Å². The average Bonchev–Trinajstić information content (AvgIpc) is 2.96. The van der Waals surface area contributed by atoms with Gasteiger partial charge in [-0.05, 0) is 41.6 Å². The van der Waals surface area contributed by atoms with E-state index in [1.165, 1.54) is 40.9 Å². The Morgan fingerprint density at radius 1 is 1.04 bits per heavy atom. The van der Waals surface area contributed by atoms with Crippen LogP contribution in [-0.2, 0) is 0 Å². The number of hydrogen-bond acceptors (Lipinski definition) is 3. The first-order chi connectivity index (χ1) is 11.5. The molecule has 0 saturated carbocycles. The number of aliphatic imine (C=N–C) groups is 1. The summed E-state index contributed by atoms with van der Waals surface area (Å²) in [6.45, 7) is 0. The molecular weight excluding hydrogens is 334 g/mol. The molecule has 0 bridgehead atoms. The first-order valence-electron chi connectivity index (χ1n) is 7.16. The van der Waals surface area contributed by atoms with Crippen molar-refractivity contribution in [2.45, 2.75) is 12.1 Å². The van der Waals surface area contributed by atoms with Crippen LogP contribution in [-0.4, -0.2) is 27.5 Å². The number of nitrogens with zero attached hydrogens (tertiary/aromatic N) is 2. The summed E-state index contributed by atoms with van der Waals surface area (Å²) in [6.07, 6.45) is 0.603. The smallest absolute Gasteiger partial charge is 0.414 e. The van der Waals surface area contributed by atoms with Crippen molar-refractivity contribution >= 4 is 23.0 Å². The summed E-state index contributed by atoms with van der Waals surface area (Å²) in [6, 6.07) is 10.3. The summed E-state index contributed by atoms with van der Waals surface area (Å²) >= 11 is 1.22. The van der Waals surface area contributed by atoms with Crippen molar-refractivity contribution in [2.24, 2.45) is 4.99 Å². The lowest BCUT2D eigenvalue weighted by molar-refractivity contribution is 0.157. The van der Waals surface area contributed by atoms with E-state index in [1.54, 1.807) is 30.5 Å². The van der Waals surface area contributed by atoms with Crippen LogP contribution in [0.5, 0.6) is 0 Å². The Labute approximate surface area is 141 Å². The van der Waals surface area contributed by atoms with Crippen molar-refractivity contribution in [2.75, 3.05) is 6.26 Å². The van der Waals surface area contributed by atoms with Gasteiger partial charge in [-0.2, -0.15) is 0 Å². The highest BCUT2D eigenvalue weighted by Gasteiger charge is 2.41. The largest absolute Gasteiger partial charge is 0.465 e. The molecule has 2 aromatic rings. The Kier molecular flexibility index (Phi) is 4.53. The number of hydrogen-bond donors (Lipinski definition) is 1. The third kappa shape index (κ3) is 2.99. The van der Waals surface area contributed by atoms with E-state index in [2.05, 4.69) is 4.99 Å². The highest BCUT2D eigenvalue weighted by atomic mass is 32.2. The molecule has 24 heavy (non-hydrogen) atoms. The Hall–Kier alpha value is -2.41. The standard InChI is InChI=1S/C17H14F2N2O2S/c1-24-16-20-14(10-2-6-12(18)7-3-10)15(21(16)17(22)23)11-4-8-13(19)9-5-11/h2-9,14-15H,1H3,(H,22,23). The van der Waals surface area contributed by atoms with E-state index in [9.17, 15) is 18.7 Å². The van der Waals surface area contributed by atoms with Gasteiger partial charge in [-0.1, -0.05) is 36.0 Å². The summed E-state index contributed by atoms with van der Waals surface area (Å²) < 4.78 is 26.4. The van der Waals surface area contributed by atoms with Crippen molar-refractivity contribution in [3.63, 3.8) is 0 Å². The lowest BCUT2D eigenvalue weighted by Gasteiger charge is -2.26. The van der Waals surface area contributed by atoms with E-state index in [4.69, 9.17) is 0 Å². The summed E-state index contributed by atoms with van der Waals surface area (Å²) in [5, 5.41) is 9.96. The van der Waals surface area contributed by atoms with Crippen LogP contribution in [0.2, 0.25) is 0 Å². The maximum atomic E-state index is 13.2. The highest BCUT2D eigenvalue weighted by Crippen LogP contribution is 2.43. The van der Waals surface area contributed by atoms with Gasteiger partial charge < -0.3 is 5.11 Å². The molecule has 124 valence electrons. The molecule has 7 heteroatoms. The number of benzene rings is 2. The number of thioether (sulfide) groups is 1. The minimum absolute atomic E-state index is 0.353. The summed E-state index contributed by atoms with van der Waals surface area (Å²) in [7, 11) is 0. The lowest BCUT2D eigenvalue weighted by atomic mass is 9.94. The molecule has 2 unspecified atom stereocenters. The molecule has 2 aromatic carbocycles. The zero-order valence-electron chi connectivity index (χ0n) is 12.7. The molecule has 1 aliphatic heterocycles. The van der Waals surface area contributed by atoms with Gasteiger partial charge in [0.2, 0.25) is 0 Å². The molecule has 4 nitrogen and oxygen atoms in total. The van der Waals surface area contributed by atoms with Gasteiger partial charge in [-0.25, -0.2) is 18.5 Å². The number of amidine groups is 1. The topological polar surface area (TPSA) is 52.9 Å². The molecular formula is C17H14F2N2O2S. The van der Waals surface area contributed by atoms with Crippen molar-refractivity contribution in [1.82, 2.24) is 4.90 Å². The average molecular weight is 348 g/mol. The van der Waals surface area contributed by atoms with E-state index in [-0.39, 0.29) is 5.82 Å². The summed E-state index contributed by atoms with van der Waals surface area (Å²) in [5.74, 6) is -0.776. The van der Waals surface area contributed by atoms with Crippen LogP contribution in [0.1, 0.15) is 23.2 Å². The molecule has 0 aliphatic carbocycles. The maximum Gasteiger partial charge on any atom is 0.414 e. The highest BCUT2D eigenvalue weighted by molar-refractivity contribution is 8.13. The molecule has 0 saturated heterocycles. The Morgan fingerprint density at radius 3 is 2.00 bits per heavy atom. The van der Waals surface area contributed by atoms with Gasteiger partial charge >= 0.3 is 6.09 Å². The minimum atomic E-state index is -1.14. The van der Waals surface area contributed by atoms with Crippen LogP contribution in [0.25, 0.3) is 0 Å². The van der Waals surface area contributed by atoms with E-state index in [0.29, 0.717) is 16.3 Å². The quantitative estimate of drug-likeness (QED) is 0.872. The van der Waals surface area contributed by atoms with E-state index >= 15 is 0 Å². The molecule has 2 atom stereocenters. The molecule has 1 amide bonds. The van der Waals surface area contributed by atoms with Crippen LogP contribution in [0, 0.1) is 11.6 Å². The summed E-state index contributed by atoms with van der Waals surface area (Å²) in [5.41, 5.74) is 1.32. The first-order valence-corrected chi connectivity index (χ1v) is 8.38. The fraction of sp³-hybridized carbons (Fsp3) is 0.176. The SMILES string of the molecule is CSC1=NC(c2ccc(F)cc2)C(c2ccc(F)cc2)N1C(=O)O. The van der Waals surface area contributed by atoms with Gasteiger partial charge in [0.05, 0.1) is 6.04 Å². The van der Waals surface area contributed by atoms with Crippen LogP contribution < -0.4 is 0 Å². The number of rotatable bonds is 2. The first kappa shape index (κ1) is 16.4. The molecule has 0 radical (unpaired) electrons. The van der Waals surface area contributed by atoms with Gasteiger partial charge in [0, 0.05) is 0 Å². The normalized spacial score (nSPS) is 20.1. The number of carbonyl (C=O) groups is 1. The van der Waals surface area contributed by atoms with E-state index in [0.717, 1.165) is 0 Å².